The van der Waals surface area contributed by atoms with Gasteiger partial charge in [-0.2, -0.15) is 0 Å². The van der Waals surface area contributed by atoms with Crippen molar-refractivity contribution in [1.29, 1.82) is 0 Å². The average molecular weight is 686 g/mol. The minimum Gasteiger partial charge on any atom is -0.487 e. The maximum Gasteiger partial charge on any atom is 0.363 e. The molecule has 0 bridgehead atoms. The van der Waals surface area contributed by atoms with Gasteiger partial charge in [0, 0.05) is 15.6 Å². The molecule has 0 aliphatic carbocycles. The number of carbonyl (C=O) groups is 1. The first kappa shape index (κ1) is 21.5. The molecule has 3 aromatic carbocycles. The van der Waals surface area contributed by atoms with Crippen LogP contribution in [-0.4, -0.2) is 11.9 Å². The van der Waals surface area contributed by atoms with Crippen LogP contribution in [0.4, 0.5) is 0 Å². The van der Waals surface area contributed by atoms with Crippen molar-refractivity contribution in [3.8, 4) is 5.75 Å². The van der Waals surface area contributed by atoms with Crippen LogP contribution in [0.1, 0.15) is 16.7 Å². The van der Waals surface area contributed by atoms with Crippen molar-refractivity contribution in [2.75, 3.05) is 0 Å². The van der Waals surface area contributed by atoms with E-state index in [0.29, 0.717) is 12.5 Å². The van der Waals surface area contributed by atoms with Crippen LogP contribution in [-0.2, 0) is 16.1 Å². The molecule has 0 atom stereocenters. The van der Waals surface area contributed by atoms with Gasteiger partial charge >= 0.3 is 5.97 Å². The van der Waals surface area contributed by atoms with Crippen molar-refractivity contribution < 1.29 is 14.3 Å². The molecule has 0 fully saturated rings. The number of benzene rings is 3. The lowest BCUT2D eigenvalue weighted by Gasteiger charge is -2.12. The molecule has 0 saturated carbocycles. The lowest BCUT2D eigenvalue weighted by molar-refractivity contribution is -0.129. The van der Waals surface area contributed by atoms with E-state index < -0.39 is 5.97 Å². The monoisotopic (exact) mass is 685 g/mol. The Bertz CT molecular complexity index is 1150. The fraction of sp³-hybridized carbons (Fsp3) is 0.0435. The van der Waals surface area contributed by atoms with Crippen LogP contribution in [0.5, 0.6) is 5.75 Å². The van der Waals surface area contributed by atoms with E-state index in [4.69, 9.17) is 9.47 Å². The van der Waals surface area contributed by atoms with E-state index in [9.17, 15) is 4.79 Å². The summed E-state index contributed by atoms with van der Waals surface area (Å²) in [5.74, 6) is 0.689. The van der Waals surface area contributed by atoms with Crippen LogP contribution in [0.2, 0.25) is 0 Å². The quantitative estimate of drug-likeness (QED) is 0.173. The Hall–Kier alpha value is -1.72. The number of hydrogen-bond acceptors (Lipinski definition) is 4. The number of hydrogen-bond donors (Lipinski definition) is 0. The highest BCUT2D eigenvalue weighted by molar-refractivity contribution is 14.1. The van der Waals surface area contributed by atoms with Crippen molar-refractivity contribution >= 4 is 79.1 Å². The van der Waals surface area contributed by atoms with Crippen molar-refractivity contribution in [3.63, 3.8) is 0 Å². The van der Waals surface area contributed by atoms with Gasteiger partial charge in [0.25, 0.3) is 0 Å². The van der Waals surface area contributed by atoms with Gasteiger partial charge in [0.15, 0.2) is 5.70 Å². The zero-order valence-electron chi connectivity index (χ0n) is 15.4. The zero-order chi connectivity index (χ0) is 21.1. The minimum atomic E-state index is -0.451. The Balaban J connectivity index is 1.56. The molecule has 0 spiro atoms. The van der Waals surface area contributed by atoms with Gasteiger partial charge in [-0.05, 0) is 87.2 Å². The van der Waals surface area contributed by atoms with Crippen LogP contribution in [0.15, 0.2) is 81.9 Å². The summed E-state index contributed by atoms with van der Waals surface area (Å²) in [7, 11) is 0. The molecule has 1 aliphatic rings. The second-order valence-electron chi connectivity index (χ2n) is 6.40. The van der Waals surface area contributed by atoms with E-state index in [1.54, 1.807) is 6.08 Å². The van der Waals surface area contributed by atoms with Crippen LogP contribution >= 0.6 is 61.1 Å². The summed E-state index contributed by atoms with van der Waals surface area (Å²) in [6.07, 6.45) is 1.74. The van der Waals surface area contributed by atoms with Gasteiger partial charge in [-0.1, -0.05) is 52.3 Å². The second kappa shape index (κ2) is 9.61. The molecule has 4 nitrogen and oxygen atoms in total. The Labute approximate surface area is 209 Å². The summed E-state index contributed by atoms with van der Waals surface area (Å²) in [6.45, 7) is 0.463. The number of nitrogens with zero attached hydrogens (tertiary/aromatic N) is 1. The first-order valence-electron chi connectivity index (χ1n) is 8.94. The van der Waals surface area contributed by atoms with E-state index in [2.05, 4.69) is 66.1 Å². The van der Waals surface area contributed by atoms with Crippen LogP contribution in [0.25, 0.3) is 6.08 Å². The molecule has 4 rings (SSSR count). The summed E-state index contributed by atoms with van der Waals surface area (Å²) in [5.41, 5.74) is 2.99. The molecule has 0 radical (unpaired) electrons. The molecule has 7 heteroatoms. The second-order valence-corrected chi connectivity index (χ2v) is 9.57. The molecule has 150 valence electrons. The van der Waals surface area contributed by atoms with E-state index in [1.165, 1.54) is 0 Å². The summed E-state index contributed by atoms with van der Waals surface area (Å²) < 4.78 is 14.3. The first-order chi connectivity index (χ1) is 14.5. The third-order valence-corrected chi connectivity index (χ3v) is 6.67. The molecule has 0 saturated heterocycles. The van der Waals surface area contributed by atoms with Gasteiger partial charge in [0.1, 0.15) is 12.4 Å². The van der Waals surface area contributed by atoms with E-state index in [0.717, 1.165) is 34.1 Å². The van der Waals surface area contributed by atoms with E-state index >= 15 is 0 Å². The van der Waals surface area contributed by atoms with Crippen molar-refractivity contribution in [2.45, 2.75) is 6.61 Å². The summed E-state index contributed by atoms with van der Waals surface area (Å²) in [5, 5.41) is 0. The van der Waals surface area contributed by atoms with Gasteiger partial charge in [0.2, 0.25) is 5.90 Å². The van der Waals surface area contributed by atoms with Crippen LogP contribution in [0.3, 0.4) is 0 Å². The SMILES string of the molecule is O=C1OC(c2ccccc2)=N/C1=C\c1cc(I)c(OCc2ccccc2Br)c(I)c1. The van der Waals surface area contributed by atoms with Gasteiger partial charge in [0.05, 0.1) is 7.14 Å². The van der Waals surface area contributed by atoms with Crippen LogP contribution in [0, 0.1) is 7.14 Å². The molecular weight excluding hydrogens is 672 g/mol. The van der Waals surface area contributed by atoms with Crippen molar-refractivity contribution in [2.24, 2.45) is 4.99 Å². The maximum absolute atomic E-state index is 12.3. The Morgan fingerprint density at radius 3 is 2.37 bits per heavy atom. The van der Waals surface area contributed by atoms with Gasteiger partial charge in [-0.3, -0.25) is 0 Å². The normalized spacial score (nSPS) is 14.6. The predicted molar refractivity (Wildman–Crippen MR) is 137 cm³/mol. The minimum absolute atomic E-state index is 0.280. The highest BCUT2D eigenvalue weighted by Gasteiger charge is 2.24. The number of carbonyl (C=O) groups excluding carboxylic acids is 1. The van der Waals surface area contributed by atoms with Crippen LogP contribution < -0.4 is 4.74 Å². The standard InChI is InChI=1S/C23H14BrI2NO3/c24-17-9-5-4-8-16(17)13-29-21-18(25)10-14(11-19(21)26)12-20-23(28)30-22(27-20)15-6-2-1-3-7-15/h1-12H,13H2/b20-12-. The third-order valence-electron chi connectivity index (χ3n) is 4.30. The number of aliphatic imine (C=N–C) groups is 1. The predicted octanol–water partition coefficient (Wildman–Crippen LogP) is 6.58. The molecule has 0 amide bonds. The average Bonchev–Trinajstić information content (AvgIpc) is 3.09. The molecule has 1 heterocycles. The van der Waals surface area contributed by atoms with Crippen molar-refractivity contribution in [1.82, 2.24) is 0 Å². The van der Waals surface area contributed by atoms with Gasteiger partial charge in [-0.25, -0.2) is 9.79 Å². The highest BCUT2D eigenvalue weighted by Crippen LogP contribution is 2.31. The topological polar surface area (TPSA) is 47.9 Å². The number of rotatable bonds is 5. The number of halogens is 3. The lowest BCUT2D eigenvalue weighted by atomic mass is 10.2. The Morgan fingerprint density at radius 1 is 1.00 bits per heavy atom. The number of cyclic esters (lactones) is 1. The summed E-state index contributed by atoms with van der Waals surface area (Å²) in [6, 6.07) is 21.3. The van der Waals surface area contributed by atoms with Gasteiger partial charge in [-0.15, -0.1) is 0 Å². The highest BCUT2D eigenvalue weighted by atomic mass is 127. The molecule has 0 unspecified atom stereocenters. The largest absolute Gasteiger partial charge is 0.487 e. The Kier molecular flexibility index (Phi) is 6.89. The molecule has 3 aromatic rings. The number of ether oxygens (including phenoxy) is 2. The Morgan fingerprint density at radius 2 is 1.67 bits per heavy atom. The molecule has 30 heavy (non-hydrogen) atoms. The lowest BCUT2D eigenvalue weighted by Crippen LogP contribution is -2.05. The maximum atomic E-state index is 12.3. The van der Waals surface area contributed by atoms with Gasteiger partial charge < -0.3 is 9.47 Å². The molecule has 0 aromatic heterocycles. The molecule has 1 aliphatic heterocycles. The fourth-order valence-electron chi connectivity index (χ4n) is 2.84. The smallest absolute Gasteiger partial charge is 0.363 e. The molecule has 0 N–H and O–H groups in total. The third kappa shape index (κ3) is 4.94. The van der Waals surface area contributed by atoms with Crippen molar-refractivity contribution in [3.05, 3.63) is 101 Å². The zero-order valence-corrected chi connectivity index (χ0v) is 21.3. The fourth-order valence-corrected chi connectivity index (χ4v) is 5.36. The summed E-state index contributed by atoms with van der Waals surface area (Å²) in [4.78, 5) is 16.6. The molecular formula is C23H14BrI2NO3. The number of esters is 1. The first-order valence-corrected chi connectivity index (χ1v) is 11.9. The van der Waals surface area contributed by atoms with E-state index in [1.807, 2.05) is 66.7 Å². The summed E-state index contributed by atoms with van der Waals surface area (Å²) >= 11 is 8.04. The van der Waals surface area contributed by atoms with E-state index in [-0.39, 0.29) is 5.70 Å².